The summed E-state index contributed by atoms with van der Waals surface area (Å²) in [5.41, 5.74) is 1.04. The van der Waals surface area contributed by atoms with Gasteiger partial charge in [0.05, 0.1) is 11.5 Å². The lowest BCUT2D eigenvalue weighted by Gasteiger charge is -2.26. The van der Waals surface area contributed by atoms with Crippen LogP contribution in [-0.4, -0.2) is 49.7 Å². The molecule has 1 aliphatic rings. The van der Waals surface area contributed by atoms with E-state index >= 15 is 0 Å². The van der Waals surface area contributed by atoms with Gasteiger partial charge in [0.1, 0.15) is 0 Å². The van der Waals surface area contributed by atoms with Gasteiger partial charge in [-0.25, -0.2) is 13.2 Å². The summed E-state index contributed by atoms with van der Waals surface area (Å²) < 4.78 is 22.6. The van der Waals surface area contributed by atoms with Gasteiger partial charge in [0.15, 0.2) is 15.6 Å². The van der Waals surface area contributed by atoms with Crippen molar-refractivity contribution in [3.63, 3.8) is 0 Å². The highest BCUT2D eigenvalue weighted by molar-refractivity contribution is 7.91. The molecule has 108 valence electrons. The van der Waals surface area contributed by atoms with Gasteiger partial charge in [0.25, 0.3) is 0 Å². The Labute approximate surface area is 117 Å². The Morgan fingerprint density at radius 2 is 1.85 bits per heavy atom. The summed E-state index contributed by atoms with van der Waals surface area (Å²) in [7, 11) is -3.01. The molecule has 0 bridgehead atoms. The van der Waals surface area contributed by atoms with Crippen LogP contribution in [0.3, 0.4) is 0 Å². The van der Waals surface area contributed by atoms with Crippen molar-refractivity contribution in [2.24, 2.45) is 0 Å². The largest absolute Gasteiger partial charge is 0.322 e. The highest BCUT2D eigenvalue weighted by atomic mass is 32.2. The zero-order valence-electron chi connectivity index (χ0n) is 11.1. The van der Waals surface area contributed by atoms with Crippen LogP contribution in [0.4, 0.5) is 10.5 Å². The zero-order chi connectivity index (χ0) is 14.8. The molecule has 1 aromatic carbocycles. The summed E-state index contributed by atoms with van der Waals surface area (Å²) in [6.45, 7) is 1.84. The number of ketones is 1. The van der Waals surface area contributed by atoms with Crippen LogP contribution in [-0.2, 0) is 9.84 Å². The van der Waals surface area contributed by atoms with Crippen LogP contribution >= 0.6 is 0 Å². The Morgan fingerprint density at radius 1 is 1.20 bits per heavy atom. The Hall–Kier alpha value is -1.89. The SMILES string of the molecule is CC(=O)c1cccc(NC(=O)N2CCS(=O)(=O)CC2)c1. The maximum atomic E-state index is 12.0. The fourth-order valence-electron chi connectivity index (χ4n) is 1.93. The average molecular weight is 296 g/mol. The summed E-state index contributed by atoms with van der Waals surface area (Å²) in [5.74, 6) is -0.0906. The number of rotatable bonds is 2. The van der Waals surface area contributed by atoms with Crippen molar-refractivity contribution < 1.29 is 18.0 Å². The summed E-state index contributed by atoms with van der Waals surface area (Å²) in [6, 6.07) is 6.30. The first kappa shape index (κ1) is 14.5. The first-order valence-electron chi connectivity index (χ1n) is 6.25. The molecule has 2 rings (SSSR count). The Bertz CT molecular complexity index is 626. The second kappa shape index (κ2) is 5.62. The fourth-order valence-corrected chi connectivity index (χ4v) is 3.14. The highest BCUT2D eigenvalue weighted by Crippen LogP contribution is 2.13. The van der Waals surface area contributed by atoms with E-state index in [-0.39, 0.29) is 36.4 Å². The first-order valence-corrected chi connectivity index (χ1v) is 8.07. The molecule has 1 aliphatic heterocycles. The van der Waals surface area contributed by atoms with Crippen LogP contribution in [0.5, 0.6) is 0 Å². The molecule has 1 fully saturated rings. The third-order valence-corrected chi connectivity index (χ3v) is 4.76. The number of hydrogen-bond donors (Lipinski definition) is 1. The van der Waals surface area contributed by atoms with Crippen LogP contribution in [0.1, 0.15) is 17.3 Å². The Kier molecular flexibility index (Phi) is 4.08. The number of benzene rings is 1. The second-order valence-electron chi connectivity index (χ2n) is 4.71. The van der Waals surface area contributed by atoms with Gasteiger partial charge in [-0.2, -0.15) is 0 Å². The lowest BCUT2D eigenvalue weighted by atomic mass is 10.1. The summed E-state index contributed by atoms with van der Waals surface area (Å²) in [4.78, 5) is 24.7. The van der Waals surface area contributed by atoms with Gasteiger partial charge in [-0.3, -0.25) is 4.79 Å². The molecule has 7 heteroatoms. The van der Waals surface area contributed by atoms with Crippen molar-refractivity contribution >= 4 is 27.3 Å². The third kappa shape index (κ3) is 3.57. The molecular formula is C13H16N2O4S. The molecule has 1 aromatic rings. The Morgan fingerprint density at radius 3 is 2.45 bits per heavy atom. The molecule has 0 radical (unpaired) electrons. The van der Waals surface area contributed by atoms with Crippen molar-refractivity contribution in [1.82, 2.24) is 4.90 Å². The lowest BCUT2D eigenvalue weighted by molar-refractivity contribution is 0.101. The van der Waals surface area contributed by atoms with Crippen LogP contribution in [0.15, 0.2) is 24.3 Å². The van der Waals surface area contributed by atoms with Crippen LogP contribution in [0, 0.1) is 0 Å². The van der Waals surface area contributed by atoms with Crippen molar-refractivity contribution in [3.05, 3.63) is 29.8 Å². The minimum absolute atomic E-state index is 0.00605. The number of hydrogen-bond acceptors (Lipinski definition) is 4. The second-order valence-corrected chi connectivity index (χ2v) is 7.01. The molecule has 0 aromatic heterocycles. The van der Waals surface area contributed by atoms with E-state index in [9.17, 15) is 18.0 Å². The molecule has 1 heterocycles. The molecule has 0 aliphatic carbocycles. The normalized spacial score (nSPS) is 17.6. The van der Waals surface area contributed by atoms with E-state index in [2.05, 4.69) is 5.32 Å². The van der Waals surface area contributed by atoms with Crippen LogP contribution < -0.4 is 5.32 Å². The minimum atomic E-state index is -3.01. The maximum absolute atomic E-state index is 12.0. The van der Waals surface area contributed by atoms with E-state index in [1.54, 1.807) is 24.3 Å². The quantitative estimate of drug-likeness (QED) is 0.830. The molecule has 0 atom stereocenters. The molecule has 20 heavy (non-hydrogen) atoms. The number of carbonyl (C=O) groups is 2. The third-order valence-electron chi connectivity index (χ3n) is 3.15. The van der Waals surface area contributed by atoms with Gasteiger partial charge in [-0.1, -0.05) is 12.1 Å². The monoisotopic (exact) mass is 296 g/mol. The number of amides is 2. The van der Waals surface area contributed by atoms with Gasteiger partial charge in [0.2, 0.25) is 0 Å². The molecule has 0 spiro atoms. The van der Waals surface area contributed by atoms with Gasteiger partial charge in [-0.15, -0.1) is 0 Å². The van der Waals surface area contributed by atoms with E-state index in [1.807, 2.05) is 0 Å². The predicted molar refractivity (Wildman–Crippen MR) is 75.7 cm³/mol. The van der Waals surface area contributed by atoms with Gasteiger partial charge < -0.3 is 10.2 Å². The van der Waals surface area contributed by atoms with Gasteiger partial charge in [-0.05, 0) is 19.1 Å². The van der Waals surface area contributed by atoms with E-state index < -0.39 is 9.84 Å². The lowest BCUT2D eigenvalue weighted by Crippen LogP contribution is -2.45. The van der Waals surface area contributed by atoms with E-state index in [0.717, 1.165) is 0 Å². The molecule has 1 N–H and O–H groups in total. The molecule has 0 saturated carbocycles. The van der Waals surface area contributed by atoms with Crippen molar-refractivity contribution in [1.29, 1.82) is 0 Å². The van der Waals surface area contributed by atoms with Crippen LogP contribution in [0.2, 0.25) is 0 Å². The highest BCUT2D eigenvalue weighted by Gasteiger charge is 2.24. The van der Waals surface area contributed by atoms with Crippen LogP contribution in [0.25, 0.3) is 0 Å². The molecule has 2 amide bonds. The first-order chi connectivity index (χ1) is 9.37. The maximum Gasteiger partial charge on any atom is 0.321 e. The predicted octanol–water partition coefficient (Wildman–Crippen LogP) is 1.15. The van der Waals surface area contributed by atoms with E-state index in [0.29, 0.717) is 11.3 Å². The number of anilines is 1. The summed E-state index contributed by atoms with van der Waals surface area (Å²) >= 11 is 0. The number of carbonyl (C=O) groups excluding carboxylic acids is 2. The van der Waals surface area contributed by atoms with Gasteiger partial charge >= 0.3 is 6.03 Å². The molecule has 1 saturated heterocycles. The summed E-state index contributed by atoms with van der Waals surface area (Å²) in [6.07, 6.45) is 0. The van der Waals surface area contributed by atoms with Crippen molar-refractivity contribution in [2.75, 3.05) is 29.9 Å². The number of urea groups is 1. The average Bonchev–Trinajstić information content (AvgIpc) is 2.38. The fraction of sp³-hybridized carbons (Fsp3) is 0.385. The number of Topliss-reactive ketones (excluding diaryl/α,β-unsaturated/α-hetero) is 1. The van der Waals surface area contributed by atoms with Crippen molar-refractivity contribution in [3.8, 4) is 0 Å². The van der Waals surface area contributed by atoms with Crippen molar-refractivity contribution in [2.45, 2.75) is 6.92 Å². The van der Waals surface area contributed by atoms with Gasteiger partial charge in [0, 0.05) is 24.3 Å². The number of sulfone groups is 1. The number of nitrogens with zero attached hydrogens (tertiary/aromatic N) is 1. The number of nitrogens with one attached hydrogen (secondary N) is 1. The zero-order valence-corrected chi connectivity index (χ0v) is 11.9. The standard InChI is InChI=1S/C13H16N2O4S/c1-10(16)11-3-2-4-12(9-11)14-13(17)15-5-7-20(18,19)8-6-15/h2-4,9H,5-8H2,1H3,(H,14,17). The van der Waals surface area contributed by atoms with E-state index in [4.69, 9.17) is 0 Å². The smallest absolute Gasteiger partial charge is 0.321 e. The van der Waals surface area contributed by atoms with E-state index in [1.165, 1.54) is 11.8 Å². The molecule has 0 unspecified atom stereocenters. The topological polar surface area (TPSA) is 83.6 Å². The Balaban J connectivity index is 2.02. The molecule has 6 nitrogen and oxygen atoms in total. The summed E-state index contributed by atoms with van der Waals surface area (Å²) in [5, 5.41) is 2.67. The molecular weight excluding hydrogens is 280 g/mol. The minimum Gasteiger partial charge on any atom is -0.322 e.